The first-order valence-corrected chi connectivity index (χ1v) is 9.09. The van der Waals surface area contributed by atoms with E-state index in [1.807, 2.05) is 0 Å². The van der Waals surface area contributed by atoms with Crippen LogP contribution < -0.4 is 5.32 Å². The summed E-state index contributed by atoms with van der Waals surface area (Å²) in [4.78, 5) is 2.44. The van der Waals surface area contributed by atoms with Gasteiger partial charge in [0.2, 0.25) is 0 Å². The molecular weight excluding hydrogens is 288 g/mol. The average molecular weight is 318 g/mol. The maximum absolute atomic E-state index is 9.51. The number of aliphatic hydroxyl groups is 1. The fraction of sp³-hybridized carbons (Fsp3) is 0.684. The Labute approximate surface area is 139 Å². The Kier molecular flexibility index (Phi) is 6.31. The van der Waals surface area contributed by atoms with Gasteiger partial charge in [0.1, 0.15) is 0 Å². The summed E-state index contributed by atoms with van der Waals surface area (Å²) in [6, 6.07) is 8.82. The van der Waals surface area contributed by atoms with E-state index >= 15 is 0 Å². The molecule has 0 spiro atoms. The largest absolute Gasteiger partial charge is 0.396 e. The molecule has 2 N–H and O–H groups in total. The van der Waals surface area contributed by atoms with Gasteiger partial charge in [0.05, 0.1) is 13.2 Å². The van der Waals surface area contributed by atoms with Gasteiger partial charge in [0.25, 0.3) is 0 Å². The summed E-state index contributed by atoms with van der Waals surface area (Å²) in [5.41, 5.74) is 2.56. The summed E-state index contributed by atoms with van der Waals surface area (Å²) in [5.74, 6) is 1.10. The third kappa shape index (κ3) is 4.93. The molecule has 1 aliphatic carbocycles. The van der Waals surface area contributed by atoms with Crippen molar-refractivity contribution in [3.8, 4) is 0 Å². The van der Waals surface area contributed by atoms with Gasteiger partial charge in [0, 0.05) is 38.5 Å². The zero-order valence-corrected chi connectivity index (χ0v) is 14.0. The maximum Gasteiger partial charge on any atom is 0.0594 e. The van der Waals surface area contributed by atoms with Crippen molar-refractivity contribution in [2.45, 2.75) is 32.2 Å². The van der Waals surface area contributed by atoms with Crippen molar-refractivity contribution in [3.05, 3.63) is 29.8 Å². The van der Waals surface area contributed by atoms with E-state index in [1.165, 1.54) is 36.9 Å². The Morgan fingerprint density at radius 3 is 2.43 bits per heavy atom. The van der Waals surface area contributed by atoms with Crippen LogP contribution >= 0.6 is 0 Å². The van der Waals surface area contributed by atoms with Crippen molar-refractivity contribution < 1.29 is 9.84 Å². The van der Waals surface area contributed by atoms with Crippen molar-refractivity contribution in [1.29, 1.82) is 0 Å². The van der Waals surface area contributed by atoms with Crippen LogP contribution in [-0.4, -0.2) is 49.5 Å². The highest BCUT2D eigenvalue weighted by molar-refractivity contribution is 5.44. The molecule has 2 fully saturated rings. The van der Waals surface area contributed by atoms with Gasteiger partial charge in [-0.25, -0.2) is 0 Å². The number of rotatable bonds is 6. The molecule has 0 amide bonds. The molecular formula is C19H30N2O2. The number of aliphatic hydroxyl groups excluding tert-OH is 1. The van der Waals surface area contributed by atoms with Crippen molar-refractivity contribution in [1.82, 2.24) is 4.90 Å². The Bertz CT molecular complexity index is 457. The molecule has 23 heavy (non-hydrogen) atoms. The lowest BCUT2D eigenvalue weighted by Crippen LogP contribution is -2.35. The zero-order valence-electron chi connectivity index (χ0n) is 14.0. The van der Waals surface area contributed by atoms with Gasteiger partial charge in [-0.1, -0.05) is 25.0 Å². The van der Waals surface area contributed by atoms with Crippen LogP contribution in [-0.2, 0) is 11.3 Å². The first kappa shape index (κ1) is 16.7. The summed E-state index contributed by atoms with van der Waals surface area (Å²) in [6.07, 6.45) is 5.01. The third-order valence-electron chi connectivity index (χ3n) is 5.33. The molecule has 2 aliphatic rings. The van der Waals surface area contributed by atoms with E-state index in [1.54, 1.807) is 0 Å². The normalized spacial score (nSPS) is 26.1. The van der Waals surface area contributed by atoms with Gasteiger partial charge < -0.3 is 15.2 Å². The number of benzene rings is 1. The predicted molar refractivity (Wildman–Crippen MR) is 93.6 cm³/mol. The van der Waals surface area contributed by atoms with Crippen molar-refractivity contribution in [3.63, 3.8) is 0 Å². The molecule has 0 aromatic heterocycles. The summed E-state index contributed by atoms with van der Waals surface area (Å²) >= 11 is 0. The molecule has 1 heterocycles. The van der Waals surface area contributed by atoms with Crippen LogP contribution in [0.15, 0.2) is 24.3 Å². The van der Waals surface area contributed by atoms with Crippen LogP contribution in [0.2, 0.25) is 0 Å². The first-order chi connectivity index (χ1) is 11.3. The Morgan fingerprint density at radius 1 is 1.04 bits per heavy atom. The Morgan fingerprint density at radius 2 is 1.74 bits per heavy atom. The minimum absolute atomic E-state index is 0.338. The minimum Gasteiger partial charge on any atom is -0.396 e. The number of anilines is 1. The quantitative estimate of drug-likeness (QED) is 0.846. The average Bonchev–Trinajstić information content (AvgIpc) is 2.62. The lowest BCUT2D eigenvalue weighted by atomic mass is 9.79. The molecule has 128 valence electrons. The molecule has 2 unspecified atom stereocenters. The first-order valence-electron chi connectivity index (χ1n) is 9.09. The predicted octanol–water partition coefficient (Wildman–Crippen LogP) is 2.73. The second kappa shape index (κ2) is 8.67. The highest BCUT2D eigenvalue weighted by Gasteiger charge is 2.24. The molecule has 1 aliphatic heterocycles. The van der Waals surface area contributed by atoms with E-state index in [-0.39, 0.29) is 0 Å². The van der Waals surface area contributed by atoms with E-state index in [4.69, 9.17) is 4.74 Å². The lowest BCUT2D eigenvalue weighted by Gasteiger charge is -2.30. The number of morpholine rings is 1. The summed E-state index contributed by atoms with van der Waals surface area (Å²) in [7, 11) is 0. The standard InChI is InChI=1S/C19H30N2O2/c22-15-18-4-2-1-3-17(18)13-20-19-7-5-16(6-8-19)14-21-9-11-23-12-10-21/h5-8,17-18,20,22H,1-4,9-15H2. The van der Waals surface area contributed by atoms with Crippen LogP contribution in [0.1, 0.15) is 31.2 Å². The van der Waals surface area contributed by atoms with E-state index < -0.39 is 0 Å². The van der Waals surface area contributed by atoms with Crippen molar-refractivity contribution >= 4 is 5.69 Å². The van der Waals surface area contributed by atoms with Gasteiger partial charge in [0.15, 0.2) is 0 Å². The number of hydrogen-bond acceptors (Lipinski definition) is 4. The van der Waals surface area contributed by atoms with Gasteiger partial charge >= 0.3 is 0 Å². The maximum atomic E-state index is 9.51. The van der Waals surface area contributed by atoms with E-state index in [0.717, 1.165) is 39.4 Å². The minimum atomic E-state index is 0.338. The van der Waals surface area contributed by atoms with Crippen molar-refractivity contribution in [2.75, 3.05) is 44.8 Å². The molecule has 1 saturated heterocycles. The highest BCUT2D eigenvalue weighted by Crippen LogP contribution is 2.29. The van der Waals surface area contributed by atoms with Crippen molar-refractivity contribution in [2.24, 2.45) is 11.8 Å². The Balaban J connectivity index is 1.47. The van der Waals surface area contributed by atoms with E-state index in [2.05, 4.69) is 34.5 Å². The Hall–Kier alpha value is -1.10. The fourth-order valence-corrected chi connectivity index (χ4v) is 3.79. The summed E-state index contributed by atoms with van der Waals surface area (Å²) < 4.78 is 5.39. The van der Waals surface area contributed by atoms with Gasteiger partial charge in [-0.2, -0.15) is 0 Å². The van der Waals surface area contributed by atoms with Gasteiger partial charge in [-0.05, 0) is 42.4 Å². The van der Waals surface area contributed by atoms with Crippen LogP contribution in [0.25, 0.3) is 0 Å². The smallest absolute Gasteiger partial charge is 0.0594 e. The SMILES string of the molecule is OCC1CCCCC1CNc1ccc(CN2CCOCC2)cc1. The molecule has 2 atom stereocenters. The summed E-state index contributed by atoms with van der Waals surface area (Å²) in [5, 5.41) is 13.1. The van der Waals surface area contributed by atoms with Crippen LogP contribution in [0.3, 0.4) is 0 Å². The lowest BCUT2D eigenvalue weighted by molar-refractivity contribution is 0.0342. The van der Waals surface area contributed by atoms with Gasteiger partial charge in [-0.3, -0.25) is 4.90 Å². The summed E-state index contributed by atoms with van der Waals surface area (Å²) in [6.45, 7) is 6.10. The topological polar surface area (TPSA) is 44.7 Å². The zero-order chi connectivity index (χ0) is 15.9. The molecule has 0 bridgehead atoms. The number of ether oxygens (including phenoxy) is 1. The van der Waals surface area contributed by atoms with Crippen LogP contribution in [0.5, 0.6) is 0 Å². The van der Waals surface area contributed by atoms with Crippen LogP contribution in [0.4, 0.5) is 5.69 Å². The molecule has 1 aromatic carbocycles. The van der Waals surface area contributed by atoms with E-state index in [9.17, 15) is 5.11 Å². The second-order valence-electron chi connectivity index (χ2n) is 6.95. The molecule has 1 aromatic rings. The molecule has 4 heteroatoms. The molecule has 4 nitrogen and oxygen atoms in total. The number of nitrogens with zero attached hydrogens (tertiary/aromatic N) is 1. The van der Waals surface area contributed by atoms with Crippen LogP contribution in [0, 0.1) is 11.8 Å². The molecule has 3 rings (SSSR count). The third-order valence-corrected chi connectivity index (χ3v) is 5.33. The fourth-order valence-electron chi connectivity index (χ4n) is 3.79. The monoisotopic (exact) mass is 318 g/mol. The molecule has 1 saturated carbocycles. The number of nitrogens with one attached hydrogen (secondary N) is 1. The second-order valence-corrected chi connectivity index (χ2v) is 6.95. The number of hydrogen-bond donors (Lipinski definition) is 2. The highest BCUT2D eigenvalue weighted by atomic mass is 16.5. The van der Waals surface area contributed by atoms with Gasteiger partial charge in [-0.15, -0.1) is 0 Å². The van der Waals surface area contributed by atoms with E-state index in [0.29, 0.717) is 18.4 Å². The molecule has 0 radical (unpaired) electrons.